The molecule has 5 heteroatoms. The molecular weight excluding hydrogens is 304 g/mol. The molecule has 3 rings (SSSR count). The lowest BCUT2D eigenvalue weighted by atomic mass is 10.0. The molecule has 24 heavy (non-hydrogen) atoms. The standard InChI is InChI=1S/C19H22N2O3/c1-14(15-7-4-3-5-8-15)20(2)19(23)16-11-18(22)21(12-16)13-17-9-6-10-24-17/h3-10,14,16H,11-13H2,1-2H3. The van der Waals surface area contributed by atoms with E-state index in [0.29, 0.717) is 13.1 Å². The third-order valence-corrected chi connectivity index (χ3v) is 4.70. The highest BCUT2D eigenvalue weighted by Gasteiger charge is 2.37. The number of benzene rings is 1. The van der Waals surface area contributed by atoms with Gasteiger partial charge in [0, 0.05) is 20.0 Å². The van der Waals surface area contributed by atoms with Gasteiger partial charge in [0.2, 0.25) is 11.8 Å². The molecule has 0 radical (unpaired) electrons. The Labute approximate surface area is 141 Å². The second-order valence-electron chi connectivity index (χ2n) is 6.29. The minimum absolute atomic E-state index is 0.00511. The Hall–Kier alpha value is -2.56. The van der Waals surface area contributed by atoms with Crippen molar-refractivity contribution in [3.63, 3.8) is 0 Å². The van der Waals surface area contributed by atoms with Gasteiger partial charge in [-0.3, -0.25) is 9.59 Å². The van der Waals surface area contributed by atoms with Crippen molar-refractivity contribution in [2.45, 2.75) is 25.9 Å². The van der Waals surface area contributed by atoms with Gasteiger partial charge in [-0.1, -0.05) is 30.3 Å². The molecule has 0 bridgehead atoms. The van der Waals surface area contributed by atoms with Crippen molar-refractivity contribution in [3.05, 3.63) is 60.1 Å². The lowest BCUT2D eigenvalue weighted by molar-refractivity contribution is -0.136. The second kappa shape index (κ2) is 6.91. The van der Waals surface area contributed by atoms with Crippen molar-refractivity contribution in [1.82, 2.24) is 9.80 Å². The van der Waals surface area contributed by atoms with Crippen LogP contribution < -0.4 is 0 Å². The summed E-state index contributed by atoms with van der Waals surface area (Å²) in [6, 6.07) is 13.5. The third kappa shape index (κ3) is 3.35. The molecule has 2 heterocycles. The minimum atomic E-state index is -0.288. The Kier molecular flexibility index (Phi) is 4.69. The molecule has 1 aromatic heterocycles. The maximum Gasteiger partial charge on any atom is 0.228 e. The van der Waals surface area contributed by atoms with Crippen molar-refractivity contribution in [2.24, 2.45) is 5.92 Å². The molecule has 0 saturated carbocycles. The fraction of sp³-hybridized carbons (Fsp3) is 0.368. The van der Waals surface area contributed by atoms with Gasteiger partial charge < -0.3 is 14.2 Å². The van der Waals surface area contributed by atoms with Crippen LogP contribution in [0.25, 0.3) is 0 Å². The first-order valence-electron chi connectivity index (χ1n) is 8.18. The summed E-state index contributed by atoms with van der Waals surface area (Å²) in [5.41, 5.74) is 1.09. The average molecular weight is 326 g/mol. The molecule has 126 valence electrons. The van der Waals surface area contributed by atoms with Crippen LogP contribution in [-0.4, -0.2) is 35.2 Å². The summed E-state index contributed by atoms with van der Waals surface area (Å²) in [5, 5.41) is 0. The van der Waals surface area contributed by atoms with Gasteiger partial charge in [-0.2, -0.15) is 0 Å². The summed E-state index contributed by atoms with van der Waals surface area (Å²) in [5.74, 6) is 0.471. The number of rotatable bonds is 5. The SMILES string of the molecule is CC(c1ccccc1)N(C)C(=O)C1CC(=O)N(Cc2ccco2)C1. The van der Waals surface area contributed by atoms with Gasteiger partial charge in [-0.25, -0.2) is 0 Å². The van der Waals surface area contributed by atoms with Crippen molar-refractivity contribution in [1.29, 1.82) is 0 Å². The predicted octanol–water partition coefficient (Wildman–Crippen LogP) is 2.85. The van der Waals surface area contributed by atoms with Gasteiger partial charge in [0.25, 0.3) is 0 Å². The maximum atomic E-state index is 12.8. The Morgan fingerprint density at radius 3 is 2.71 bits per heavy atom. The molecule has 2 unspecified atom stereocenters. The molecule has 1 aliphatic heterocycles. The fourth-order valence-corrected chi connectivity index (χ4v) is 3.12. The predicted molar refractivity (Wildman–Crippen MR) is 89.9 cm³/mol. The smallest absolute Gasteiger partial charge is 0.228 e. The number of carbonyl (C=O) groups is 2. The van der Waals surface area contributed by atoms with Crippen molar-refractivity contribution < 1.29 is 14.0 Å². The number of likely N-dealkylation sites (tertiary alicyclic amines) is 1. The van der Waals surface area contributed by atoms with Gasteiger partial charge in [0.05, 0.1) is 24.8 Å². The zero-order valence-electron chi connectivity index (χ0n) is 14.0. The Bertz CT molecular complexity index is 697. The average Bonchev–Trinajstić information content (AvgIpc) is 3.24. The van der Waals surface area contributed by atoms with Gasteiger partial charge >= 0.3 is 0 Å². The summed E-state index contributed by atoms with van der Waals surface area (Å²) in [7, 11) is 1.81. The largest absolute Gasteiger partial charge is 0.467 e. The first kappa shape index (κ1) is 16.3. The van der Waals surface area contributed by atoms with Gasteiger partial charge in [0.1, 0.15) is 5.76 Å². The Morgan fingerprint density at radius 1 is 1.29 bits per heavy atom. The summed E-state index contributed by atoms with van der Waals surface area (Å²) >= 11 is 0. The topological polar surface area (TPSA) is 53.8 Å². The van der Waals surface area contributed by atoms with Crippen LogP contribution in [0.5, 0.6) is 0 Å². The fourth-order valence-electron chi connectivity index (χ4n) is 3.12. The lowest BCUT2D eigenvalue weighted by Crippen LogP contribution is -2.36. The van der Waals surface area contributed by atoms with Crippen LogP contribution in [0.15, 0.2) is 53.1 Å². The number of amides is 2. The van der Waals surface area contributed by atoms with Gasteiger partial charge in [0.15, 0.2) is 0 Å². The number of furan rings is 1. The number of carbonyl (C=O) groups excluding carboxylic acids is 2. The van der Waals surface area contributed by atoms with Crippen LogP contribution in [0, 0.1) is 5.92 Å². The normalized spacial score (nSPS) is 18.7. The molecule has 1 saturated heterocycles. The van der Waals surface area contributed by atoms with E-state index in [9.17, 15) is 9.59 Å². The summed E-state index contributed by atoms with van der Waals surface area (Å²) < 4.78 is 5.29. The molecule has 1 aliphatic rings. The van der Waals surface area contributed by atoms with Crippen LogP contribution >= 0.6 is 0 Å². The number of hydrogen-bond donors (Lipinski definition) is 0. The summed E-state index contributed by atoms with van der Waals surface area (Å²) in [4.78, 5) is 28.4. The van der Waals surface area contributed by atoms with E-state index >= 15 is 0 Å². The zero-order chi connectivity index (χ0) is 17.1. The zero-order valence-corrected chi connectivity index (χ0v) is 14.0. The van der Waals surface area contributed by atoms with E-state index in [2.05, 4.69) is 0 Å². The van der Waals surface area contributed by atoms with Crippen LogP contribution in [0.4, 0.5) is 0 Å². The van der Waals surface area contributed by atoms with Crippen LogP contribution in [0.1, 0.15) is 30.7 Å². The third-order valence-electron chi connectivity index (χ3n) is 4.70. The Morgan fingerprint density at radius 2 is 2.04 bits per heavy atom. The highest BCUT2D eigenvalue weighted by atomic mass is 16.3. The Balaban J connectivity index is 1.64. The molecule has 1 aromatic carbocycles. The lowest BCUT2D eigenvalue weighted by Gasteiger charge is -2.27. The van der Waals surface area contributed by atoms with Crippen molar-refractivity contribution in [3.8, 4) is 0 Å². The van der Waals surface area contributed by atoms with Gasteiger partial charge in [-0.05, 0) is 24.6 Å². The van der Waals surface area contributed by atoms with Crippen molar-refractivity contribution >= 4 is 11.8 Å². The molecule has 5 nitrogen and oxygen atoms in total. The molecule has 2 aromatic rings. The van der Waals surface area contributed by atoms with Crippen LogP contribution in [0.2, 0.25) is 0 Å². The molecule has 1 fully saturated rings. The first-order chi connectivity index (χ1) is 11.6. The second-order valence-corrected chi connectivity index (χ2v) is 6.29. The maximum absolute atomic E-state index is 12.8. The number of hydrogen-bond acceptors (Lipinski definition) is 3. The van der Waals surface area contributed by atoms with Gasteiger partial charge in [-0.15, -0.1) is 0 Å². The molecular formula is C19H22N2O3. The van der Waals surface area contributed by atoms with E-state index in [1.807, 2.05) is 43.3 Å². The van der Waals surface area contributed by atoms with Crippen molar-refractivity contribution in [2.75, 3.05) is 13.6 Å². The van der Waals surface area contributed by atoms with Crippen LogP contribution in [0.3, 0.4) is 0 Å². The van der Waals surface area contributed by atoms with E-state index in [-0.39, 0.29) is 30.2 Å². The monoisotopic (exact) mass is 326 g/mol. The minimum Gasteiger partial charge on any atom is -0.467 e. The van der Waals surface area contributed by atoms with E-state index in [0.717, 1.165) is 11.3 Å². The number of nitrogens with zero attached hydrogens (tertiary/aromatic N) is 2. The van der Waals surface area contributed by atoms with E-state index < -0.39 is 0 Å². The first-order valence-corrected chi connectivity index (χ1v) is 8.18. The molecule has 0 aliphatic carbocycles. The molecule has 2 atom stereocenters. The molecule has 0 N–H and O–H groups in total. The highest BCUT2D eigenvalue weighted by molar-refractivity contribution is 5.89. The van der Waals surface area contributed by atoms with Crippen LogP contribution in [-0.2, 0) is 16.1 Å². The highest BCUT2D eigenvalue weighted by Crippen LogP contribution is 2.26. The summed E-state index contributed by atoms with van der Waals surface area (Å²) in [6.07, 6.45) is 1.86. The molecule has 0 spiro atoms. The van der Waals surface area contributed by atoms with E-state index in [1.165, 1.54) is 0 Å². The quantitative estimate of drug-likeness (QED) is 0.849. The van der Waals surface area contributed by atoms with E-state index in [1.54, 1.807) is 29.2 Å². The summed E-state index contributed by atoms with van der Waals surface area (Å²) in [6.45, 7) is 2.88. The molecule has 2 amide bonds. The van der Waals surface area contributed by atoms with E-state index in [4.69, 9.17) is 4.42 Å².